The van der Waals surface area contributed by atoms with Crippen molar-refractivity contribution < 1.29 is 14.3 Å². The third-order valence-electron chi connectivity index (χ3n) is 1.88. The van der Waals surface area contributed by atoms with Gasteiger partial charge in [-0.3, -0.25) is 5.32 Å². The molecule has 4 nitrogen and oxygen atoms in total. The second-order valence-electron chi connectivity index (χ2n) is 3.78. The lowest BCUT2D eigenvalue weighted by molar-refractivity contribution is 0.130. The van der Waals surface area contributed by atoms with Gasteiger partial charge in [-0.05, 0) is 32.9 Å². The molecule has 0 saturated heterocycles. The Bertz CT molecular complexity index is 412. The SMILES string of the molecule is CCOc1c(Cl)cc(NC(=O)OC(C)C)cc1Cl. The van der Waals surface area contributed by atoms with Gasteiger partial charge in [-0.15, -0.1) is 0 Å². The molecule has 1 aromatic rings. The average molecular weight is 292 g/mol. The van der Waals surface area contributed by atoms with Crippen LogP contribution in [-0.2, 0) is 4.74 Å². The summed E-state index contributed by atoms with van der Waals surface area (Å²) >= 11 is 12.0. The van der Waals surface area contributed by atoms with E-state index < -0.39 is 6.09 Å². The highest BCUT2D eigenvalue weighted by atomic mass is 35.5. The molecule has 0 unspecified atom stereocenters. The zero-order valence-electron chi connectivity index (χ0n) is 10.4. The summed E-state index contributed by atoms with van der Waals surface area (Å²) in [5, 5.41) is 3.21. The van der Waals surface area contributed by atoms with Crippen molar-refractivity contribution in [1.82, 2.24) is 0 Å². The van der Waals surface area contributed by atoms with Crippen LogP contribution >= 0.6 is 23.2 Å². The van der Waals surface area contributed by atoms with Crippen LogP contribution in [0.15, 0.2) is 12.1 Å². The Morgan fingerprint density at radius 1 is 1.33 bits per heavy atom. The van der Waals surface area contributed by atoms with Crippen LogP contribution in [0.5, 0.6) is 5.75 Å². The molecule has 0 saturated carbocycles. The highest BCUT2D eigenvalue weighted by molar-refractivity contribution is 6.37. The van der Waals surface area contributed by atoms with Crippen LogP contribution in [0.25, 0.3) is 0 Å². The highest BCUT2D eigenvalue weighted by Gasteiger charge is 2.12. The fourth-order valence-corrected chi connectivity index (χ4v) is 1.87. The van der Waals surface area contributed by atoms with E-state index in [-0.39, 0.29) is 6.10 Å². The first kappa shape index (κ1) is 14.9. The number of rotatable bonds is 4. The van der Waals surface area contributed by atoms with Gasteiger partial charge in [-0.1, -0.05) is 23.2 Å². The first-order valence-corrected chi connectivity index (χ1v) is 6.29. The highest BCUT2D eigenvalue weighted by Crippen LogP contribution is 2.36. The predicted octanol–water partition coefficient (Wildman–Crippen LogP) is 4.35. The van der Waals surface area contributed by atoms with E-state index in [1.807, 2.05) is 6.92 Å². The van der Waals surface area contributed by atoms with Crippen LogP contribution in [-0.4, -0.2) is 18.8 Å². The largest absolute Gasteiger partial charge is 0.491 e. The molecule has 0 atom stereocenters. The van der Waals surface area contributed by atoms with Crippen molar-refractivity contribution in [3.05, 3.63) is 22.2 Å². The minimum Gasteiger partial charge on any atom is -0.491 e. The molecule has 0 aliphatic heterocycles. The van der Waals surface area contributed by atoms with Crippen molar-refractivity contribution >= 4 is 35.0 Å². The third-order valence-corrected chi connectivity index (χ3v) is 2.44. The molecule has 0 spiro atoms. The van der Waals surface area contributed by atoms with Crippen LogP contribution in [0.1, 0.15) is 20.8 Å². The molecule has 0 bridgehead atoms. The number of carbonyl (C=O) groups is 1. The summed E-state index contributed by atoms with van der Waals surface area (Å²) in [5.74, 6) is 0.406. The lowest BCUT2D eigenvalue weighted by Gasteiger charge is -2.12. The second kappa shape index (κ2) is 6.71. The normalized spacial score (nSPS) is 10.3. The Morgan fingerprint density at radius 2 is 1.89 bits per heavy atom. The topological polar surface area (TPSA) is 47.6 Å². The number of hydrogen-bond donors (Lipinski definition) is 1. The van der Waals surface area contributed by atoms with Gasteiger partial charge in [0.15, 0.2) is 5.75 Å². The maximum atomic E-state index is 11.4. The van der Waals surface area contributed by atoms with Crippen LogP contribution < -0.4 is 10.1 Å². The molecular formula is C12H15Cl2NO3. The van der Waals surface area contributed by atoms with Gasteiger partial charge in [0.2, 0.25) is 0 Å². The summed E-state index contributed by atoms with van der Waals surface area (Å²) in [7, 11) is 0. The molecule has 0 aromatic heterocycles. The molecule has 0 fully saturated rings. The molecule has 0 heterocycles. The maximum absolute atomic E-state index is 11.4. The quantitative estimate of drug-likeness (QED) is 0.897. The Labute approximate surface area is 116 Å². The molecule has 0 radical (unpaired) electrons. The van der Waals surface area contributed by atoms with Crippen LogP contribution in [0.2, 0.25) is 10.0 Å². The monoisotopic (exact) mass is 291 g/mol. The van der Waals surface area contributed by atoms with E-state index in [0.717, 1.165) is 0 Å². The fourth-order valence-electron chi connectivity index (χ4n) is 1.28. The van der Waals surface area contributed by atoms with Crippen molar-refractivity contribution in [2.75, 3.05) is 11.9 Å². The van der Waals surface area contributed by atoms with E-state index in [1.54, 1.807) is 26.0 Å². The zero-order chi connectivity index (χ0) is 13.7. The maximum Gasteiger partial charge on any atom is 0.411 e. The number of halogens is 2. The second-order valence-corrected chi connectivity index (χ2v) is 4.60. The van der Waals surface area contributed by atoms with E-state index in [4.69, 9.17) is 32.7 Å². The van der Waals surface area contributed by atoms with Crippen molar-refractivity contribution in [2.24, 2.45) is 0 Å². The number of amides is 1. The minimum atomic E-state index is -0.554. The van der Waals surface area contributed by atoms with Crippen LogP contribution in [0, 0.1) is 0 Å². The van der Waals surface area contributed by atoms with Gasteiger partial charge in [0, 0.05) is 5.69 Å². The van der Waals surface area contributed by atoms with E-state index in [0.29, 0.717) is 28.1 Å². The Balaban J connectivity index is 2.83. The predicted molar refractivity (Wildman–Crippen MR) is 72.9 cm³/mol. The zero-order valence-corrected chi connectivity index (χ0v) is 11.9. The molecule has 0 aliphatic carbocycles. The van der Waals surface area contributed by atoms with E-state index in [2.05, 4.69) is 5.32 Å². The number of nitrogens with one attached hydrogen (secondary N) is 1. The Kier molecular flexibility index (Phi) is 5.56. The van der Waals surface area contributed by atoms with Crippen LogP contribution in [0.3, 0.4) is 0 Å². The summed E-state index contributed by atoms with van der Waals surface area (Å²) in [5.41, 5.74) is 0.458. The molecular weight excluding hydrogens is 277 g/mol. The molecule has 1 N–H and O–H groups in total. The summed E-state index contributed by atoms with van der Waals surface area (Å²) in [6, 6.07) is 3.11. The smallest absolute Gasteiger partial charge is 0.411 e. The first-order chi connectivity index (χ1) is 8.43. The van der Waals surface area contributed by atoms with Gasteiger partial charge >= 0.3 is 6.09 Å². The number of benzene rings is 1. The third kappa shape index (κ3) is 4.27. The van der Waals surface area contributed by atoms with Crippen molar-refractivity contribution in [2.45, 2.75) is 26.9 Å². The number of anilines is 1. The van der Waals surface area contributed by atoms with Gasteiger partial charge in [0.25, 0.3) is 0 Å². The standard InChI is InChI=1S/C12H15Cl2NO3/c1-4-17-11-9(13)5-8(6-10(11)14)15-12(16)18-7(2)3/h5-7H,4H2,1-3H3,(H,15,16). The Hall–Kier alpha value is -1.13. The molecule has 1 aromatic carbocycles. The number of ether oxygens (including phenoxy) is 2. The summed E-state index contributed by atoms with van der Waals surface area (Å²) < 4.78 is 10.2. The van der Waals surface area contributed by atoms with E-state index in [9.17, 15) is 4.79 Å². The molecule has 6 heteroatoms. The minimum absolute atomic E-state index is 0.196. The Morgan fingerprint density at radius 3 is 2.33 bits per heavy atom. The fraction of sp³-hybridized carbons (Fsp3) is 0.417. The molecule has 0 aliphatic rings. The van der Waals surface area contributed by atoms with E-state index >= 15 is 0 Å². The van der Waals surface area contributed by atoms with Crippen molar-refractivity contribution in [3.8, 4) is 5.75 Å². The van der Waals surface area contributed by atoms with Gasteiger partial charge < -0.3 is 9.47 Å². The molecule has 18 heavy (non-hydrogen) atoms. The first-order valence-electron chi connectivity index (χ1n) is 5.53. The van der Waals surface area contributed by atoms with E-state index in [1.165, 1.54) is 0 Å². The number of hydrogen-bond acceptors (Lipinski definition) is 3. The summed E-state index contributed by atoms with van der Waals surface area (Å²) in [4.78, 5) is 11.4. The average Bonchev–Trinajstić information content (AvgIpc) is 2.22. The lowest BCUT2D eigenvalue weighted by atomic mass is 10.3. The van der Waals surface area contributed by atoms with Gasteiger partial charge in [-0.2, -0.15) is 0 Å². The van der Waals surface area contributed by atoms with Gasteiger partial charge in [0.05, 0.1) is 22.8 Å². The van der Waals surface area contributed by atoms with Gasteiger partial charge in [0.1, 0.15) is 0 Å². The lowest BCUT2D eigenvalue weighted by Crippen LogP contribution is -2.18. The number of carbonyl (C=O) groups excluding carboxylic acids is 1. The molecule has 1 amide bonds. The molecule has 100 valence electrons. The van der Waals surface area contributed by atoms with Gasteiger partial charge in [-0.25, -0.2) is 4.79 Å². The van der Waals surface area contributed by atoms with Crippen LogP contribution in [0.4, 0.5) is 10.5 Å². The van der Waals surface area contributed by atoms with Crippen molar-refractivity contribution in [1.29, 1.82) is 0 Å². The summed E-state index contributed by atoms with van der Waals surface area (Å²) in [6.45, 7) is 5.82. The summed E-state index contributed by atoms with van der Waals surface area (Å²) in [6.07, 6.45) is -0.750. The molecule has 1 rings (SSSR count). The van der Waals surface area contributed by atoms with Crippen molar-refractivity contribution in [3.63, 3.8) is 0 Å².